The zero-order valence-corrected chi connectivity index (χ0v) is 12.9. The smallest absolute Gasteiger partial charge is 0.252 e. The fourth-order valence-electron chi connectivity index (χ4n) is 3.76. The molecule has 2 fully saturated rings. The first-order valence-electron chi connectivity index (χ1n) is 7.18. The van der Waals surface area contributed by atoms with Crippen molar-refractivity contribution in [2.75, 3.05) is 6.54 Å². The van der Waals surface area contributed by atoms with Crippen molar-refractivity contribution in [3.05, 3.63) is 33.8 Å². The average Bonchev–Trinajstić information content (AvgIpc) is 3.01. The molecule has 0 radical (unpaired) electrons. The lowest BCUT2D eigenvalue weighted by Gasteiger charge is -2.22. The molecule has 1 aromatic carbocycles. The van der Waals surface area contributed by atoms with Crippen molar-refractivity contribution in [1.82, 2.24) is 5.32 Å². The lowest BCUT2D eigenvalue weighted by molar-refractivity contribution is 0.0941. The van der Waals surface area contributed by atoms with Crippen LogP contribution in [0.1, 0.15) is 41.6 Å². The highest BCUT2D eigenvalue weighted by molar-refractivity contribution is 9.10. The van der Waals surface area contributed by atoms with Crippen LogP contribution in [0, 0.1) is 24.7 Å². The lowest BCUT2D eigenvalue weighted by atomic mass is 9.89. The summed E-state index contributed by atoms with van der Waals surface area (Å²) in [5.41, 5.74) is 1.87. The van der Waals surface area contributed by atoms with Gasteiger partial charge in [-0.15, -0.1) is 0 Å². The largest absolute Gasteiger partial charge is 0.352 e. The van der Waals surface area contributed by atoms with E-state index in [1.54, 1.807) is 0 Å². The first-order valence-corrected chi connectivity index (χ1v) is 7.97. The Labute approximate surface area is 123 Å². The molecule has 2 nitrogen and oxygen atoms in total. The fourth-order valence-corrected chi connectivity index (χ4v) is 4.19. The van der Waals surface area contributed by atoms with Crippen LogP contribution in [-0.2, 0) is 0 Å². The second kappa shape index (κ2) is 5.28. The molecule has 2 saturated carbocycles. The number of benzene rings is 1. The van der Waals surface area contributed by atoms with E-state index in [-0.39, 0.29) is 5.91 Å². The predicted octanol–water partition coefficient (Wildman–Crippen LogP) is 3.92. The van der Waals surface area contributed by atoms with E-state index < -0.39 is 0 Å². The van der Waals surface area contributed by atoms with Gasteiger partial charge in [0, 0.05) is 11.0 Å². The minimum atomic E-state index is 0.0540. The van der Waals surface area contributed by atoms with Crippen molar-refractivity contribution in [2.45, 2.75) is 32.6 Å². The molecule has 3 unspecified atom stereocenters. The number of rotatable bonds is 3. The van der Waals surface area contributed by atoms with Crippen molar-refractivity contribution < 1.29 is 4.79 Å². The number of aryl methyl sites for hydroxylation is 1. The van der Waals surface area contributed by atoms with E-state index >= 15 is 0 Å². The second-order valence-corrected chi connectivity index (χ2v) is 6.98. The van der Waals surface area contributed by atoms with Crippen LogP contribution < -0.4 is 5.32 Å². The molecule has 0 aromatic heterocycles. The van der Waals surface area contributed by atoms with Gasteiger partial charge in [-0.3, -0.25) is 4.79 Å². The number of nitrogens with one attached hydrogen (secondary N) is 1. The van der Waals surface area contributed by atoms with E-state index in [1.165, 1.54) is 25.7 Å². The number of hydrogen-bond acceptors (Lipinski definition) is 1. The van der Waals surface area contributed by atoms with Gasteiger partial charge < -0.3 is 5.32 Å². The molecule has 3 heteroatoms. The van der Waals surface area contributed by atoms with Crippen molar-refractivity contribution in [3.8, 4) is 0 Å². The third-order valence-corrected chi connectivity index (χ3v) is 5.47. The third-order valence-electron chi connectivity index (χ3n) is 4.78. The Bertz CT molecular complexity index is 500. The molecule has 0 aliphatic heterocycles. The fraction of sp³-hybridized carbons (Fsp3) is 0.562. The topological polar surface area (TPSA) is 29.1 Å². The minimum absolute atomic E-state index is 0.0540. The van der Waals surface area contributed by atoms with Crippen molar-refractivity contribution in [2.24, 2.45) is 17.8 Å². The quantitative estimate of drug-likeness (QED) is 0.898. The van der Waals surface area contributed by atoms with Crippen molar-refractivity contribution >= 4 is 21.8 Å². The van der Waals surface area contributed by atoms with Crippen LogP contribution in [0.2, 0.25) is 0 Å². The number of hydrogen-bond donors (Lipinski definition) is 1. The Morgan fingerprint density at radius 3 is 2.89 bits per heavy atom. The minimum Gasteiger partial charge on any atom is -0.352 e. The molecular weight excluding hydrogens is 302 g/mol. The molecule has 1 N–H and O–H groups in total. The SMILES string of the molecule is Cc1ccc(Br)c(C(=O)NCC2CC3CCC2C3)c1. The molecule has 19 heavy (non-hydrogen) atoms. The molecule has 2 aliphatic carbocycles. The molecule has 0 spiro atoms. The van der Waals surface area contributed by atoms with Gasteiger partial charge >= 0.3 is 0 Å². The summed E-state index contributed by atoms with van der Waals surface area (Å²) < 4.78 is 0.878. The highest BCUT2D eigenvalue weighted by Gasteiger charge is 2.39. The van der Waals surface area contributed by atoms with E-state index in [9.17, 15) is 4.79 Å². The highest BCUT2D eigenvalue weighted by atomic mass is 79.9. The van der Waals surface area contributed by atoms with Crippen LogP contribution in [0.5, 0.6) is 0 Å². The molecule has 0 heterocycles. The molecule has 2 bridgehead atoms. The van der Waals surface area contributed by atoms with E-state index in [2.05, 4.69) is 21.2 Å². The van der Waals surface area contributed by atoms with Crippen LogP contribution in [0.3, 0.4) is 0 Å². The second-order valence-electron chi connectivity index (χ2n) is 6.13. The number of amides is 1. The molecule has 1 aromatic rings. The zero-order valence-electron chi connectivity index (χ0n) is 11.3. The number of carbonyl (C=O) groups is 1. The summed E-state index contributed by atoms with van der Waals surface area (Å²) in [4.78, 5) is 12.2. The normalized spacial score (nSPS) is 28.6. The van der Waals surface area contributed by atoms with Gasteiger partial charge in [0.2, 0.25) is 0 Å². The summed E-state index contributed by atoms with van der Waals surface area (Å²) in [6, 6.07) is 5.90. The van der Waals surface area contributed by atoms with Gasteiger partial charge in [-0.25, -0.2) is 0 Å². The number of carbonyl (C=O) groups excluding carboxylic acids is 1. The molecular formula is C16H20BrNO. The summed E-state index contributed by atoms with van der Waals surface area (Å²) in [6.45, 7) is 2.86. The van der Waals surface area contributed by atoms with Crippen LogP contribution in [0.4, 0.5) is 0 Å². The molecule has 1 amide bonds. The van der Waals surface area contributed by atoms with E-state index in [4.69, 9.17) is 0 Å². The summed E-state index contributed by atoms with van der Waals surface area (Å²) >= 11 is 3.46. The standard InChI is InChI=1S/C16H20BrNO/c1-10-2-5-15(17)14(6-10)16(19)18-9-13-8-11-3-4-12(13)7-11/h2,5-6,11-13H,3-4,7-9H2,1H3,(H,18,19). The first kappa shape index (κ1) is 13.2. The molecule has 3 rings (SSSR count). The molecule has 0 saturated heterocycles. The molecule has 102 valence electrons. The maximum atomic E-state index is 12.2. The van der Waals surface area contributed by atoms with E-state index in [0.29, 0.717) is 5.92 Å². The van der Waals surface area contributed by atoms with Crippen LogP contribution in [0.15, 0.2) is 22.7 Å². The number of halogens is 1. The Balaban J connectivity index is 1.61. The Kier molecular flexibility index (Phi) is 3.66. The number of fused-ring (bicyclic) bond motifs is 2. The summed E-state index contributed by atoms with van der Waals surface area (Å²) in [5.74, 6) is 2.58. The third kappa shape index (κ3) is 2.71. The van der Waals surface area contributed by atoms with Gasteiger partial charge in [-0.2, -0.15) is 0 Å². The maximum Gasteiger partial charge on any atom is 0.252 e. The predicted molar refractivity (Wildman–Crippen MR) is 80.2 cm³/mol. The van der Waals surface area contributed by atoms with Crippen LogP contribution >= 0.6 is 15.9 Å². The average molecular weight is 322 g/mol. The Hall–Kier alpha value is -0.830. The van der Waals surface area contributed by atoms with Crippen LogP contribution in [-0.4, -0.2) is 12.5 Å². The Morgan fingerprint density at radius 1 is 1.37 bits per heavy atom. The van der Waals surface area contributed by atoms with Crippen molar-refractivity contribution in [3.63, 3.8) is 0 Å². The zero-order chi connectivity index (χ0) is 13.4. The summed E-state index contributed by atoms with van der Waals surface area (Å²) in [5, 5.41) is 3.12. The van der Waals surface area contributed by atoms with Gasteiger partial charge in [-0.05, 0) is 72.0 Å². The van der Waals surface area contributed by atoms with Gasteiger partial charge in [-0.1, -0.05) is 18.1 Å². The molecule has 3 atom stereocenters. The summed E-state index contributed by atoms with van der Waals surface area (Å²) in [7, 11) is 0. The highest BCUT2D eigenvalue weighted by Crippen LogP contribution is 2.47. The monoisotopic (exact) mass is 321 g/mol. The summed E-state index contributed by atoms with van der Waals surface area (Å²) in [6.07, 6.45) is 5.51. The maximum absolute atomic E-state index is 12.2. The lowest BCUT2D eigenvalue weighted by Crippen LogP contribution is -2.31. The molecule has 2 aliphatic rings. The van der Waals surface area contributed by atoms with E-state index in [1.807, 2.05) is 25.1 Å². The van der Waals surface area contributed by atoms with Crippen LogP contribution in [0.25, 0.3) is 0 Å². The Morgan fingerprint density at radius 2 is 2.21 bits per heavy atom. The van der Waals surface area contributed by atoms with Gasteiger partial charge in [0.25, 0.3) is 5.91 Å². The van der Waals surface area contributed by atoms with Gasteiger partial charge in [0.15, 0.2) is 0 Å². The van der Waals surface area contributed by atoms with Crippen molar-refractivity contribution in [1.29, 1.82) is 0 Å². The van der Waals surface area contributed by atoms with Gasteiger partial charge in [0.1, 0.15) is 0 Å². The van der Waals surface area contributed by atoms with E-state index in [0.717, 1.165) is 34.0 Å². The van der Waals surface area contributed by atoms with Gasteiger partial charge in [0.05, 0.1) is 5.56 Å². The first-order chi connectivity index (χ1) is 9.13.